The molecule has 0 saturated heterocycles. The Morgan fingerprint density at radius 3 is 2.14 bits per heavy atom. The minimum absolute atomic E-state index is 0. The highest BCUT2D eigenvalue weighted by Crippen LogP contribution is 2.28. The smallest absolute Gasteiger partial charge is 0.316 e. The van der Waals surface area contributed by atoms with E-state index in [9.17, 15) is 4.79 Å². The second-order valence-electron chi connectivity index (χ2n) is 4.55. The first kappa shape index (κ1) is 19.9. The number of anilines is 1. The van der Waals surface area contributed by atoms with Crippen LogP contribution < -0.4 is 11.1 Å². The van der Waals surface area contributed by atoms with Crippen LogP contribution in [-0.2, 0) is 0 Å². The molecular formula is C15H18Cl2N4O. The first-order valence-corrected chi connectivity index (χ1v) is 6.20. The van der Waals surface area contributed by atoms with Crippen LogP contribution in [-0.4, -0.2) is 6.03 Å². The molecule has 3 N–H and O–H groups in total. The number of rotatable bonds is 3. The maximum atomic E-state index is 11.0. The van der Waals surface area contributed by atoms with E-state index in [0.29, 0.717) is 11.4 Å². The van der Waals surface area contributed by atoms with Crippen molar-refractivity contribution in [2.75, 3.05) is 5.32 Å². The molecule has 0 aromatic heterocycles. The SMILES string of the molecule is Cc1ccc(N=Nc2ccc(C)cc2NC(N)=O)cc1.Cl.Cl. The molecule has 22 heavy (non-hydrogen) atoms. The van der Waals surface area contributed by atoms with E-state index in [-0.39, 0.29) is 24.8 Å². The lowest BCUT2D eigenvalue weighted by Gasteiger charge is -2.06. The molecule has 0 spiro atoms. The Hall–Kier alpha value is -2.11. The van der Waals surface area contributed by atoms with Gasteiger partial charge in [0, 0.05) is 0 Å². The van der Waals surface area contributed by atoms with E-state index in [4.69, 9.17) is 5.73 Å². The van der Waals surface area contributed by atoms with Crippen molar-refractivity contribution in [3.8, 4) is 0 Å². The normalized spacial score (nSPS) is 9.73. The maximum absolute atomic E-state index is 11.0. The molecule has 2 amide bonds. The molecule has 0 aliphatic heterocycles. The molecule has 0 aliphatic carbocycles. The van der Waals surface area contributed by atoms with Gasteiger partial charge in [0.05, 0.1) is 11.4 Å². The molecule has 5 nitrogen and oxygen atoms in total. The summed E-state index contributed by atoms with van der Waals surface area (Å²) in [4.78, 5) is 11.0. The van der Waals surface area contributed by atoms with Gasteiger partial charge in [-0.15, -0.1) is 29.9 Å². The molecule has 0 heterocycles. The summed E-state index contributed by atoms with van der Waals surface area (Å²) in [6.45, 7) is 3.93. The first-order chi connectivity index (χ1) is 9.54. The molecule has 0 aliphatic rings. The van der Waals surface area contributed by atoms with E-state index in [0.717, 1.165) is 16.8 Å². The number of nitrogens with zero attached hydrogens (tertiary/aromatic N) is 2. The van der Waals surface area contributed by atoms with Crippen molar-refractivity contribution in [1.29, 1.82) is 0 Å². The second-order valence-corrected chi connectivity index (χ2v) is 4.55. The lowest BCUT2D eigenvalue weighted by Crippen LogP contribution is -2.19. The zero-order valence-corrected chi connectivity index (χ0v) is 13.9. The molecule has 0 bridgehead atoms. The fourth-order valence-corrected chi connectivity index (χ4v) is 1.69. The Labute approximate surface area is 141 Å². The Kier molecular flexibility index (Phi) is 8.15. The summed E-state index contributed by atoms with van der Waals surface area (Å²) in [5, 5.41) is 10.8. The highest BCUT2D eigenvalue weighted by molar-refractivity contribution is 5.91. The molecule has 0 atom stereocenters. The van der Waals surface area contributed by atoms with Gasteiger partial charge in [-0.1, -0.05) is 23.8 Å². The largest absolute Gasteiger partial charge is 0.351 e. The predicted molar refractivity (Wildman–Crippen MR) is 94.2 cm³/mol. The number of aryl methyl sites for hydroxylation is 2. The van der Waals surface area contributed by atoms with Crippen molar-refractivity contribution >= 4 is 47.9 Å². The number of hydrogen-bond donors (Lipinski definition) is 2. The van der Waals surface area contributed by atoms with Crippen molar-refractivity contribution in [3.63, 3.8) is 0 Å². The van der Waals surface area contributed by atoms with Crippen LogP contribution in [0.4, 0.5) is 21.9 Å². The third kappa shape index (κ3) is 5.71. The summed E-state index contributed by atoms with van der Waals surface area (Å²) in [5.41, 5.74) is 9.18. The Balaban J connectivity index is 0.00000220. The number of benzene rings is 2. The topological polar surface area (TPSA) is 79.8 Å². The number of urea groups is 1. The lowest BCUT2D eigenvalue weighted by atomic mass is 10.2. The van der Waals surface area contributed by atoms with Crippen molar-refractivity contribution in [1.82, 2.24) is 0 Å². The van der Waals surface area contributed by atoms with Crippen LogP contribution in [0.15, 0.2) is 52.7 Å². The van der Waals surface area contributed by atoms with Gasteiger partial charge in [0.1, 0.15) is 5.69 Å². The summed E-state index contributed by atoms with van der Waals surface area (Å²) < 4.78 is 0. The number of carbonyl (C=O) groups excluding carboxylic acids is 1. The van der Waals surface area contributed by atoms with Crippen molar-refractivity contribution < 1.29 is 4.79 Å². The fourth-order valence-electron chi connectivity index (χ4n) is 1.69. The fraction of sp³-hybridized carbons (Fsp3) is 0.133. The zero-order valence-electron chi connectivity index (χ0n) is 12.2. The number of nitrogens with two attached hydrogens (primary N) is 1. The highest BCUT2D eigenvalue weighted by Gasteiger charge is 2.04. The Bertz CT molecular complexity index is 657. The van der Waals surface area contributed by atoms with Gasteiger partial charge in [0.25, 0.3) is 0 Å². The molecule has 0 unspecified atom stereocenters. The molecule has 2 aromatic carbocycles. The molecule has 7 heteroatoms. The Morgan fingerprint density at radius 2 is 1.55 bits per heavy atom. The number of hydrogen-bond acceptors (Lipinski definition) is 3. The number of amides is 2. The summed E-state index contributed by atoms with van der Waals surface area (Å²) in [6.07, 6.45) is 0. The quantitative estimate of drug-likeness (QED) is 0.753. The van der Waals surface area contributed by atoms with Crippen LogP contribution in [0.25, 0.3) is 0 Å². The van der Waals surface area contributed by atoms with Gasteiger partial charge in [0.2, 0.25) is 0 Å². The molecule has 0 saturated carbocycles. The molecule has 118 valence electrons. The molecule has 2 rings (SSSR count). The second kappa shape index (κ2) is 9.02. The van der Waals surface area contributed by atoms with Gasteiger partial charge >= 0.3 is 6.03 Å². The summed E-state index contributed by atoms with van der Waals surface area (Å²) in [5.74, 6) is 0. The van der Waals surface area contributed by atoms with Crippen LogP contribution in [0.3, 0.4) is 0 Å². The van der Waals surface area contributed by atoms with Crippen molar-refractivity contribution in [3.05, 3.63) is 53.6 Å². The maximum Gasteiger partial charge on any atom is 0.316 e. The van der Waals surface area contributed by atoms with Crippen LogP contribution in [0.1, 0.15) is 11.1 Å². The van der Waals surface area contributed by atoms with Gasteiger partial charge < -0.3 is 11.1 Å². The predicted octanol–water partition coefficient (Wildman–Crippen LogP) is 5.05. The monoisotopic (exact) mass is 340 g/mol. The number of azo groups is 1. The average molecular weight is 341 g/mol. The summed E-state index contributed by atoms with van der Waals surface area (Å²) in [7, 11) is 0. The van der Waals surface area contributed by atoms with Gasteiger partial charge in [0.15, 0.2) is 0 Å². The van der Waals surface area contributed by atoms with Crippen LogP contribution in [0, 0.1) is 13.8 Å². The lowest BCUT2D eigenvalue weighted by molar-refractivity contribution is 0.259. The van der Waals surface area contributed by atoms with Gasteiger partial charge in [-0.05, 0) is 43.7 Å². The van der Waals surface area contributed by atoms with E-state index in [1.165, 1.54) is 0 Å². The number of halogens is 2. The minimum atomic E-state index is -0.623. The third-order valence-electron chi connectivity index (χ3n) is 2.72. The molecular weight excluding hydrogens is 323 g/mol. The number of nitrogens with one attached hydrogen (secondary N) is 1. The van der Waals surface area contributed by atoms with Crippen molar-refractivity contribution in [2.24, 2.45) is 16.0 Å². The third-order valence-corrected chi connectivity index (χ3v) is 2.72. The molecule has 2 aromatic rings. The van der Waals surface area contributed by atoms with Gasteiger partial charge in [-0.25, -0.2) is 4.79 Å². The van der Waals surface area contributed by atoms with E-state index < -0.39 is 6.03 Å². The minimum Gasteiger partial charge on any atom is -0.351 e. The Morgan fingerprint density at radius 1 is 0.955 bits per heavy atom. The van der Waals surface area contributed by atoms with E-state index >= 15 is 0 Å². The van der Waals surface area contributed by atoms with E-state index in [2.05, 4.69) is 15.5 Å². The first-order valence-electron chi connectivity index (χ1n) is 6.20. The zero-order chi connectivity index (χ0) is 14.5. The highest BCUT2D eigenvalue weighted by atomic mass is 35.5. The van der Waals surface area contributed by atoms with Crippen LogP contribution in [0.5, 0.6) is 0 Å². The van der Waals surface area contributed by atoms with E-state index in [1.54, 1.807) is 12.1 Å². The number of carbonyl (C=O) groups is 1. The number of primary amides is 1. The van der Waals surface area contributed by atoms with Gasteiger partial charge in [-0.2, -0.15) is 5.11 Å². The molecule has 0 radical (unpaired) electrons. The van der Waals surface area contributed by atoms with Crippen LogP contribution >= 0.6 is 24.8 Å². The van der Waals surface area contributed by atoms with Crippen LogP contribution in [0.2, 0.25) is 0 Å². The average Bonchev–Trinajstić information content (AvgIpc) is 2.39. The van der Waals surface area contributed by atoms with Crippen molar-refractivity contribution in [2.45, 2.75) is 13.8 Å². The van der Waals surface area contributed by atoms with E-state index in [1.807, 2.05) is 44.2 Å². The summed E-state index contributed by atoms with van der Waals surface area (Å²) >= 11 is 0. The molecule has 0 fully saturated rings. The summed E-state index contributed by atoms with van der Waals surface area (Å²) in [6, 6.07) is 12.6. The van der Waals surface area contributed by atoms with Gasteiger partial charge in [-0.3, -0.25) is 0 Å². The standard InChI is InChI=1S/C15H16N4O.2ClH/c1-10-3-6-12(7-4-10)18-19-13-8-5-11(2)9-14(13)17-15(16)20;;/h3-9H,1-2H3,(H3,16,17,20);2*1H.